The van der Waals surface area contributed by atoms with Crippen molar-refractivity contribution in [3.05, 3.63) is 18.2 Å². The van der Waals surface area contributed by atoms with Gasteiger partial charge in [0.25, 0.3) is 0 Å². The number of rotatable bonds is 2. The molecule has 1 aromatic carbocycles. The summed E-state index contributed by atoms with van der Waals surface area (Å²) in [6.07, 6.45) is -4.81. The summed E-state index contributed by atoms with van der Waals surface area (Å²) in [5.74, 6) is -1.27. The third-order valence-corrected chi connectivity index (χ3v) is 3.39. The minimum absolute atomic E-state index is 0.0328. The molecule has 1 aliphatic rings. The number of nitrogens with zero attached hydrogens (tertiary/aromatic N) is 2. The van der Waals surface area contributed by atoms with Gasteiger partial charge in [0.1, 0.15) is 5.75 Å². The Morgan fingerprint density at radius 3 is 2.38 bits per heavy atom. The second kappa shape index (κ2) is 5.71. The van der Waals surface area contributed by atoms with Gasteiger partial charge < -0.3 is 20.3 Å². The summed E-state index contributed by atoms with van der Waals surface area (Å²) in [5.41, 5.74) is 7.02. The molecule has 1 saturated heterocycles. The number of ether oxygens (including phenoxy) is 1. The van der Waals surface area contributed by atoms with Crippen LogP contribution in [0.4, 0.5) is 24.5 Å². The zero-order valence-electron chi connectivity index (χ0n) is 11.5. The number of piperazine rings is 1. The quantitative estimate of drug-likeness (QED) is 0.841. The zero-order chi connectivity index (χ0) is 15.6. The van der Waals surface area contributed by atoms with Crippen molar-refractivity contribution in [3.63, 3.8) is 0 Å². The SMILES string of the molecule is COc1cc(N2CCN(C(=O)C(F)(F)F)CC2)ccc1N. The molecule has 1 fully saturated rings. The highest BCUT2D eigenvalue weighted by Crippen LogP contribution is 2.28. The van der Waals surface area contributed by atoms with E-state index in [4.69, 9.17) is 10.5 Å². The molecule has 21 heavy (non-hydrogen) atoms. The molecule has 0 bridgehead atoms. The first-order valence-corrected chi connectivity index (χ1v) is 6.37. The fourth-order valence-electron chi connectivity index (χ4n) is 2.24. The second-order valence-corrected chi connectivity index (χ2v) is 4.70. The number of hydrogen-bond donors (Lipinski definition) is 1. The van der Waals surface area contributed by atoms with E-state index in [1.165, 1.54) is 7.11 Å². The molecule has 0 radical (unpaired) electrons. The Labute approximate surface area is 120 Å². The van der Waals surface area contributed by atoms with Gasteiger partial charge in [-0.2, -0.15) is 13.2 Å². The minimum atomic E-state index is -4.81. The summed E-state index contributed by atoms with van der Waals surface area (Å²) in [6, 6.07) is 5.19. The van der Waals surface area contributed by atoms with Crippen molar-refractivity contribution >= 4 is 17.3 Å². The summed E-state index contributed by atoms with van der Waals surface area (Å²) in [6.45, 7) is 0.722. The van der Waals surface area contributed by atoms with Gasteiger partial charge in [0, 0.05) is 37.9 Å². The number of carbonyl (C=O) groups excluding carboxylic acids is 1. The van der Waals surface area contributed by atoms with Crippen LogP contribution in [0.1, 0.15) is 0 Å². The predicted molar refractivity (Wildman–Crippen MR) is 72.3 cm³/mol. The van der Waals surface area contributed by atoms with Gasteiger partial charge in [0.2, 0.25) is 0 Å². The van der Waals surface area contributed by atoms with Crippen molar-refractivity contribution in [1.82, 2.24) is 4.90 Å². The minimum Gasteiger partial charge on any atom is -0.495 e. The number of alkyl halides is 3. The van der Waals surface area contributed by atoms with Gasteiger partial charge in [0.15, 0.2) is 0 Å². The van der Waals surface area contributed by atoms with E-state index in [9.17, 15) is 18.0 Å². The summed E-state index contributed by atoms with van der Waals surface area (Å²) in [4.78, 5) is 13.9. The maximum Gasteiger partial charge on any atom is 0.471 e. The molecule has 0 saturated carbocycles. The van der Waals surface area contributed by atoms with E-state index in [-0.39, 0.29) is 13.1 Å². The molecule has 1 aliphatic heterocycles. The van der Waals surface area contributed by atoms with Crippen molar-refractivity contribution in [2.75, 3.05) is 43.9 Å². The first-order chi connectivity index (χ1) is 9.82. The lowest BCUT2D eigenvalue weighted by molar-refractivity contribution is -0.185. The van der Waals surface area contributed by atoms with E-state index >= 15 is 0 Å². The van der Waals surface area contributed by atoms with Crippen LogP contribution in [0.15, 0.2) is 18.2 Å². The van der Waals surface area contributed by atoms with E-state index in [1.807, 2.05) is 4.90 Å². The average molecular weight is 303 g/mol. The van der Waals surface area contributed by atoms with Crippen LogP contribution in [-0.2, 0) is 4.79 Å². The normalized spacial score (nSPS) is 16.0. The molecule has 0 aromatic heterocycles. The third-order valence-electron chi connectivity index (χ3n) is 3.39. The van der Waals surface area contributed by atoms with Crippen molar-refractivity contribution in [2.24, 2.45) is 0 Å². The van der Waals surface area contributed by atoms with Crippen LogP contribution in [0, 0.1) is 0 Å². The number of methoxy groups -OCH3 is 1. The van der Waals surface area contributed by atoms with Crippen molar-refractivity contribution in [2.45, 2.75) is 6.18 Å². The Morgan fingerprint density at radius 2 is 1.86 bits per heavy atom. The Morgan fingerprint density at radius 1 is 1.24 bits per heavy atom. The van der Waals surface area contributed by atoms with Crippen molar-refractivity contribution in [1.29, 1.82) is 0 Å². The number of carbonyl (C=O) groups is 1. The molecule has 5 nitrogen and oxygen atoms in total. The molecular weight excluding hydrogens is 287 g/mol. The van der Waals surface area contributed by atoms with Crippen molar-refractivity contribution in [3.8, 4) is 5.75 Å². The van der Waals surface area contributed by atoms with E-state index in [0.717, 1.165) is 10.6 Å². The summed E-state index contributed by atoms with van der Waals surface area (Å²) >= 11 is 0. The summed E-state index contributed by atoms with van der Waals surface area (Å²) < 4.78 is 42.2. The lowest BCUT2D eigenvalue weighted by atomic mass is 10.2. The van der Waals surface area contributed by atoms with Gasteiger partial charge in [-0.25, -0.2) is 0 Å². The number of halogens is 3. The highest BCUT2D eigenvalue weighted by Gasteiger charge is 2.43. The lowest BCUT2D eigenvalue weighted by Gasteiger charge is -2.36. The maximum absolute atomic E-state index is 12.4. The summed E-state index contributed by atoms with van der Waals surface area (Å²) in [7, 11) is 1.50. The molecule has 0 spiro atoms. The standard InChI is InChI=1S/C13H16F3N3O2/c1-21-11-8-9(2-3-10(11)17)18-4-6-19(7-5-18)12(20)13(14,15)16/h2-3,8H,4-7,17H2,1H3. The van der Waals surface area contributed by atoms with E-state index in [2.05, 4.69) is 0 Å². The molecule has 8 heteroatoms. The molecule has 1 aromatic rings. The van der Waals surface area contributed by atoms with Gasteiger partial charge in [-0.15, -0.1) is 0 Å². The molecule has 1 heterocycles. The number of benzene rings is 1. The first kappa shape index (κ1) is 15.3. The fraction of sp³-hybridized carbons (Fsp3) is 0.462. The zero-order valence-corrected chi connectivity index (χ0v) is 11.5. The molecule has 2 N–H and O–H groups in total. The largest absolute Gasteiger partial charge is 0.495 e. The average Bonchev–Trinajstić information content (AvgIpc) is 2.46. The first-order valence-electron chi connectivity index (χ1n) is 6.37. The van der Waals surface area contributed by atoms with Gasteiger partial charge >= 0.3 is 12.1 Å². The molecule has 116 valence electrons. The van der Waals surface area contributed by atoms with Gasteiger partial charge in [-0.05, 0) is 12.1 Å². The van der Waals surface area contributed by atoms with Crippen LogP contribution in [0.2, 0.25) is 0 Å². The Bertz CT molecular complexity index is 526. The molecule has 2 rings (SSSR count). The number of nitrogen functional groups attached to an aromatic ring is 1. The smallest absolute Gasteiger partial charge is 0.471 e. The van der Waals surface area contributed by atoms with E-state index in [1.54, 1.807) is 18.2 Å². The molecular formula is C13H16F3N3O2. The van der Waals surface area contributed by atoms with Gasteiger partial charge in [-0.3, -0.25) is 4.79 Å². The van der Waals surface area contributed by atoms with Crippen LogP contribution in [0.5, 0.6) is 5.75 Å². The second-order valence-electron chi connectivity index (χ2n) is 4.70. The highest BCUT2D eigenvalue weighted by molar-refractivity contribution is 5.82. The van der Waals surface area contributed by atoms with E-state index < -0.39 is 12.1 Å². The van der Waals surface area contributed by atoms with E-state index in [0.29, 0.717) is 24.5 Å². The molecule has 0 unspecified atom stereocenters. The van der Waals surface area contributed by atoms with Crippen LogP contribution >= 0.6 is 0 Å². The molecule has 1 amide bonds. The number of nitrogens with two attached hydrogens (primary N) is 1. The van der Waals surface area contributed by atoms with Crippen molar-refractivity contribution < 1.29 is 22.7 Å². The number of anilines is 2. The van der Waals surface area contributed by atoms with Crippen LogP contribution in [-0.4, -0.2) is 50.3 Å². The molecule has 0 aliphatic carbocycles. The Hall–Kier alpha value is -2.12. The monoisotopic (exact) mass is 303 g/mol. The van der Waals surface area contributed by atoms with Gasteiger partial charge in [-0.1, -0.05) is 0 Å². The number of hydrogen-bond acceptors (Lipinski definition) is 4. The third kappa shape index (κ3) is 3.32. The maximum atomic E-state index is 12.4. The van der Waals surface area contributed by atoms with Crippen LogP contribution in [0.25, 0.3) is 0 Å². The molecule has 0 atom stereocenters. The van der Waals surface area contributed by atoms with Gasteiger partial charge in [0.05, 0.1) is 12.8 Å². The Kier molecular flexibility index (Phi) is 4.15. The van der Waals surface area contributed by atoms with Crippen LogP contribution < -0.4 is 15.4 Å². The Balaban J connectivity index is 2.03. The lowest BCUT2D eigenvalue weighted by Crippen LogP contribution is -2.52. The highest BCUT2D eigenvalue weighted by atomic mass is 19.4. The van der Waals surface area contributed by atoms with Crippen LogP contribution in [0.3, 0.4) is 0 Å². The predicted octanol–water partition coefficient (Wildman–Crippen LogP) is 1.49. The summed E-state index contributed by atoms with van der Waals surface area (Å²) in [5, 5.41) is 0. The fourth-order valence-corrected chi connectivity index (χ4v) is 2.24. The topological polar surface area (TPSA) is 58.8 Å². The number of amides is 1.